The maximum atomic E-state index is 5.73. The molecule has 0 atom stereocenters. The molecule has 0 N–H and O–H groups in total. The van der Waals surface area contributed by atoms with Crippen molar-refractivity contribution in [1.82, 2.24) is 0 Å². The van der Waals surface area contributed by atoms with E-state index in [2.05, 4.69) is 20.8 Å². The van der Waals surface area contributed by atoms with E-state index in [1.165, 1.54) is 0 Å². The second-order valence-corrected chi connectivity index (χ2v) is 3.23. The third-order valence-corrected chi connectivity index (χ3v) is 2.45. The summed E-state index contributed by atoms with van der Waals surface area (Å²) >= 11 is 9.09. The third-order valence-electron chi connectivity index (χ3n) is 1.45. The van der Waals surface area contributed by atoms with Crippen LogP contribution in [-0.4, -0.2) is 12.5 Å². The number of rotatable bonds is 2. The first-order chi connectivity index (χ1) is 5.24. The minimum absolute atomic E-state index is 0.775. The number of hydrogen-bond donors (Lipinski definition) is 0. The molecule has 0 bridgehead atoms. The van der Waals surface area contributed by atoms with E-state index in [0.29, 0.717) is 0 Å². The summed E-state index contributed by atoms with van der Waals surface area (Å²) < 4.78 is 0. The largest absolute Gasteiger partial charge is 0.365 e. The van der Waals surface area contributed by atoms with Gasteiger partial charge in [0.25, 0.3) is 0 Å². The van der Waals surface area contributed by atoms with Gasteiger partial charge in [0.2, 0.25) is 0 Å². The van der Waals surface area contributed by atoms with E-state index in [0.717, 1.165) is 16.2 Å². The highest BCUT2D eigenvalue weighted by Gasteiger charge is 1.96. The molecular formula is C8H9BrClN. The van der Waals surface area contributed by atoms with Crippen LogP contribution in [0.25, 0.3) is 0 Å². The fraction of sp³-hybridized carbons (Fsp3) is 0.250. The van der Waals surface area contributed by atoms with Gasteiger partial charge < -0.3 is 4.90 Å². The smallest absolute Gasteiger partial charge is 0.0732 e. The number of nitrogens with zero attached hydrogens (tertiary/aromatic N) is 1. The highest BCUT2D eigenvalue weighted by Crippen LogP contribution is 2.16. The zero-order valence-electron chi connectivity index (χ0n) is 6.22. The molecule has 0 spiro atoms. The molecule has 1 rings (SSSR count). The van der Waals surface area contributed by atoms with Gasteiger partial charge in [-0.05, 0) is 24.3 Å². The fourth-order valence-corrected chi connectivity index (χ4v) is 1.18. The minimum Gasteiger partial charge on any atom is -0.365 e. The van der Waals surface area contributed by atoms with Crippen molar-refractivity contribution in [1.29, 1.82) is 0 Å². The molecule has 0 aliphatic carbocycles. The van der Waals surface area contributed by atoms with Crippen LogP contribution in [0.15, 0.2) is 24.3 Å². The molecule has 0 unspecified atom stereocenters. The van der Waals surface area contributed by atoms with Crippen molar-refractivity contribution < 1.29 is 0 Å². The second kappa shape index (κ2) is 3.98. The fourth-order valence-electron chi connectivity index (χ4n) is 0.765. The topological polar surface area (TPSA) is 3.24 Å². The summed E-state index contributed by atoms with van der Waals surface area (Å²) in [7, 11) is 2.01. The van der Waals surface area contributed by atoms with Crippen LogP contribution in [0.3, 0.4) is 0 Å². The molecule has 1 nitrogen and oxygen atoms in total. The van der Waals surface area contributed by atoms with E-state index in [9.17, 15) is 0 Å². The van der Waals surface area contributed by atoms with Crippen molar-refractivity contribution in [2.75, 3.05) is 17.4 Å². The summed E-state index contributed by atoms with van der Waals surface area (Å²) in [5.74, 6) is 0. The molecule has 0 amide bonds. The molecule has 0 fully saturated rings. The van der Waals surface area contributed by atoms with Gasteiger partial charge in [-0.2, -0.15) is 0 Å². The first kappa shape index (κ1) is 8.88. The van der Waals surface area contributed by atoms with Crippen molar-refractivity contribution in [3.05, 3.63) is 29.3 Å². The zero-order valence-corrected chi connectivity index (χ0v) is 8.56. The van der Waals surface area contributed by atoms with Crippen LogP contribution >= 0.6 is 27.5 Å². The Morgan fingerprint density at radius 2 is 1.91 bits per heavy atom. The summed E-state index contributed by atoms with van der Waals surface area (Å²) in [5.41, 5.74) is 1.99. The van der Waals surface area contributed by atoms with E-state index >= 15 is 0 Å². The number of benzene rings is 1. The molecule has 11 heavy (non-hydrogen) atoms. The molecule has 60 valence electrons. The zero-order chi connectivity index (χ0) is 8.27. The van der Waals surface area contributed by atoms with Gasteiger partial charge in [-0.1, -0.05) is 27.5 Å². The second-order valence-electron chi connectivity index (χ2n) is 2.29. The van der Waals surface area contributed by atoms with Crippen molar-refractivity contribution in [3.63, 3.8) is 0 Å². The van der Waals surface area contributed by atoms with Gasteiger partial charge in [0.1, 0.15) is 0 Å². The van der Waals surface area contributed by atoms with Gasteiger partial charge in [0.15, 0.2) is 0 Å². The minimum atomic E-state index is 0.775. The van der Waals surface area contributed by atoms with Gasteiger partial charge in [0.05, 0.1) is 5.45 Å². The molecule has 0 saturated heterocycles. The van der Waals surface area contributed by atoms with Crippen molar-refractivity contribution >= 4 is 33.2 Å². The lowest BCUT2D eigenvalue weighted by Gasteiger charge is -2.14. The van der Waals surface area contributed by atoms with Crippen LogP contribution in [0.1, 0.15) is 0 Å². The van der Waals surface area contributed by atoms with Gasteiger partial charge >= 0.3 is 0 Å². The SMILES string of the molecule is CN(CBr)c1ccc(Cl)cc1. The van der Waals surface area contributed by atoms with Gasteiger partial charge in [-0.15, -0.1) is 0 Å². The van der Waals surface area contributed by atoms with Gasteiger partial charge in [0, 0.05) is 17.8 Å². The molecule has 0 saturated carbocycles. The first-order valence-electron chi connectivity index (χ1n) is 3.26. The van der Waals surface area contributed by atoms with E-state index < -0.39 is 0 Å². The molecule has 0 aliphatic heterocycles. The summed E-state index contributed by atoms with van der Waals surface area (Å²) in [6, 6.07) is 7.75. The molecule has 0 heterocycles. The predicted octanol–water partition coefficient (Wildman–Crippen LogP) is 3.13. The third kappa shape index (κ3) is 2.38. The average Bonchev–Trinajstić information content (AvgIpc) is 2.05. The molecule has 0 aromatic heterocycles. The van der Waals surface area contributed by atoms with Gasteiger partial charge in [-0.3, -0.25) is 0 Å². The van der Waals surface area contributed by atoms with E-state index in [4.69, 9.17) is 11.6 Å². The van der Waals surface area contributed by atoms with Crippen molar-refractivity contribution in [3.8, 4) is 0 Å². The standard InChI is InChI=1S/C8H9BrClN/c1-11(6-9)8-4-2-7(10)3-5-8/h2-5H,6H2,1H3. The summed E-state index contributed by atoms with van der Waals surface area (Å²) in [6.07, 6.45) is 0. The van der Waals surface area contributed by atoms with Crippen LogP contribution < -0.4 is 4.90 Å². The van der Waals surface area contributed by atoms with Crippen LogP contribution in [0.4, 0.5) is 5.69 Å². The van der Waals surface area contributed by atoms with E-state index in [1.54, 1.807) is 0 Å². The predicted molar refractivity (Wildman–Crippen MR) is 53.6 cm³/mol. The van der Waals surface area contributed by atoms with Crippen LogP contribution in [0.2, 0.25) is 5.02 Å². The van der Waals surface area contributed by atoms with Crippen molar-refractivity contribution in [2.45, 2.75) is 0 Å². The Kier molecular flexibility index (Phi) is 3.21. The lowest BCUT2D eigenvalue weighted by atomic mass is 10.3. The quantitative estimate of drug-likeness (QED) is 0.561. The lowest BCUT2D eigenvalue weighted by molar-refractivity contribution is 1.11. The Morgan fingerprint density at radius 1 is 1.36 bits per heavy atom. The molecule has 3 heteroatoms. The van der Waals surface area contributed by atoms with Crippen LogP contribution in [0, 0.1) is 0 Å². The lowest BCUT2D eigenvalue weighted by Crippen LogP contribution is -2.13. The van der Waals surface area contributed by atoms with E-state index in [1.807, 2.05) is 31.3 Å². The normalized spacial score (nSPS) is 9.73. The first-order valence-corrected chi connectivity index (χ1v) is 4.76. The average molecular weight is 235 g/mol. The summed E-state index contributed by atoms with van der Waals surface area (Å²) in [4.78, 5) is 2.08. The van der Waals surface area contributed by atoms with Gasteiger partial charge in [-0.25, -0.2) is 0 Å². The summed E-state index contributed by atoms with van der Waals surface area (Å²) in [6.45, 7) is 0. The number of hydrogen-bond acceptors (Lipinski definition) is 1. The molecule has 1 aromatic rings. The highest BCUT2D eigenvalue weighted by molar-refractivity contribution is 9.09. The molecule has 1 aromatic carbocycles. The van der Waals surface area contributed by atoms with Crippen molar-refractivity contribution in [2.24, 2.45) is 0 Å². The Balaban J connectivity index is 2.81. The maximum Gasteiger partial charge on any atom is 0.0732 e. The Labute approximate surface area is 80.1 Å². The number of alkyl halides is 1. The number of halogens is 2. The van der Waals surface area contributed by atoms with Crippen LogP contribution in [-0.2, 0) is 0 Å². The molecular weight excluding hydrogens is 225 g/mol. The number of anilines is 1. The van der Waals surface area contributed by atoms with Crippen LogP contribution in [0.5, 0.6) is 0 Å². The molecule has 0 aliphatic rings. The Hall–Kier alpha value is -0.210. The monoisotopic (exact) mass is 233 g/mol. The Morgan fingerprint density at radius 3 is 2.36 bits per heavy atom. The Bertz CT molecular complexity index is 222. The van der Waals surface area contributed by atoms with E-state index in [-0.39, 0.29) is 0 Å². The maximum absolute atomic E-state index is 5.73. The summed E-state index contributed by atoms with van der Waals surface area (Å²) in [5, 5.41) is 0.775. The molecule has 0 radical (unpaired) electrons. The highest BCUT2D eigenvalue weighted by atomic mass is 79.9.